The number of carboxylic acid groups (broad SMARTS) is 1. The van der Waals surface area contributed by atoms with Gasteiger partial charge in [0.05, 0.1) is 23.5 Å². The van der Waals surface area contributed by atoms with Gasteiger partial charge in [0.15, 0.2) is 0 Å². The fourth-order valence-corrected chi connectivity index (χ4v) is 4.56. The van der Waals surface area contributed by atoms with Crippen molar-refractivity contribution in [1.82, 2.24) is 4.31 Å². The molecule has 24 heavy (non-hydrogen) atoms. The summed E-state index contributed by atoms with van der Waals surface area (Å²) in [6.45, 7) is 2.53. The van der Waals surface area contributed by atoms with Crippen molar-refractivity contribution in [2.75, 3.05) is 13.7 Å². The number of carbonyl (C=O) groups excluding carboxylic acids is 1. The first-order valence-electron chi connectivity index (χ1n) is 8.07. The molecule has 1 aliphatic carbocycles. The van der Waals surface area contributed by atoms with Crippen LogP contribution in [0, 0.1) is 5.92 Å². The molecule has 0 heterocycles. The van der Waals surface area contributed by atoms with Crippen LogP contribution in [0.4, 0.5) is 0 Å². The van der Waals surface area contributed by atoms with Gasteiger partial charge in [-0.2, -0.15) is 0 Å². The molecule has 0 spiro atoms. The molecule has 1 fully saturated rings. The Hall–Kier alpha value is -1.73. The quantitative estimate of drug-likeness (QED) is 0.794. The highest BCUT2D eigenvalue weighted by Crippen LogP contribution is 2.30. The largest absolute Gasteiger partial charge is 0.478 e. The number of benzene rings is 1. The van der Waals surface area contributed by atoms with E-state index in [4.69, 9.17) is 9.84 Å². The summed E-state index contributed by atoms with van der Waals surface area (Å²) in [6, 6.07) is 6.36. The highest BCUT2D eigenvalue weighted by Gasteiger charge is 2.32. The molecular weight excluding hydrogens is 330 g/mol. The van der Waals surface area contributed by atoms with Crippen LogP contribution >= 0.6 is 0 Å². The van der Waals surface area contributed by atoms with Crippen molar-refractivity contribution < 1.29 is 23.6 Å². The van der Waals surface area contributed by atoms with E-state index in [2.05, 4.69) is 0 Å². The van der Waals surface area contributed by atoms with E-state index in [1.165, 1.54) is 19.2 Å². The third kappa shape index (κ3) is 4.21. The third-order valence-corrected chi connectivity index (χ3v) is 6.09. The molecule has 1 atom stereocenters. The summed E-state index contributed by atoms with van der Waals surface area (Å²) in [5.74, 6) is -1.28. The Morgan fingerprint density at radius 2 is 1.96 bits per heavy atom. The predicted octanol–water partition coefficient (Wildman–Crippen LogP) is 2.46. The van der Waals surface area contributed by atoms with Gasteiger partial charge >= 0.3 is 11.9 Å². The Morgan fingerprint density at radius 1 is 1.29 bits per heavy atom. The van der Waals surface area contributed by atoms with Crippen LogP contribution in [-0.2, 0) is 20.5 Å². The lowest BCUT2D eigenvalue weighted by Crippen LogP contribution is -2.40. The molecule has 1 aromatic carbocycles. The fraction of sp³-hybridized carbons (Fsp3) is 0.529. The zero-order valence-corrected chi connectivity index (χ0v) is 14.8. The van der Waals surface area contributed by atoms with Gasteiger partial charge in [-0.05, 0) is 43.9 Å². The molecule has 2 rings (SSSR count). The van der Waals surface area contributed by atoms with Crippen LogP contribution < -0.4 is 0 Å². The number of carbonyl (C=O) groups is 2. The number of rotatable bonds is 6. The molecule has 0 bridgehead atoms. The van der Waals surface area contributed by atoms with Crippen LogP contribution in [0.25, 0.3) is 0 Å². The summed E-state index contributed by atoms with van der Waals surface area (Å²) < 4.78 is 19.6. The summed E-state index contributed by atoms with van der Waals surface area (Å²) in [4.78, 5) is 23.2. The molecule has 6 nitrogen and oxygen atoms in total. The van der Waals surface area contributed by atoms with Crippen molar-refractivity contribution in [3.63, 3.8) is 0 Å². The Kier molecular flexibility index (Phi) is 6.51. The molecule has 1 saturated carbocycles. The van der Waals surface area contributed by atoms with Gasteiger partial charge in [0.2, 0.25) is 0 Å². The molecule has 0 radical (unpaired) electrons. The van der Waals surface area contributed by atoms with Gasteiger partial charge in [-0.1, -0.05) is 13.0 Å². The first-order chi connectivity index (χ1) is 11.5. The maximum Gasteiger partial charge on any atom is 0.335 e. The highest BCUT2D eigenvalue weighted by atomic mass is 32.2. The Bertz CT molecular complexity index is 625. The number of ether oxygens (including phenoxy) is 1. The Labute approximate surface area is 144 Å². The van der Waals surface area contributed by atoms with Crippen molar-refractivity contribution in [1.29, 1.82) is 0 Å². The molecule has 1 N–H and O–H groups in total. The van der Waals surface area contributed by atoms with Crippen molar-refractivity contribution in [2.24, 2.45) is 5.92 Å². The molecule has 132 valence electrons. The average Bonchev–Trinajstić information content (AvgIpc) is 2.62. The lowest BCUT2D eigenvalue weighted by Gasteiger charge is -2.34. The molecule has 1 unspecified atom stereocenters. The second kappa shape index (κ2) is 8.39. The number of methoxy groups -OCH3 is 1. The minimum atomic E-state index is -1.42. The minimum Gasteiger partial charge on any atom is -0.478 e. The average molecular weight is 353 g/mol. The van der Waals surface area contributed by atoms with E-state index in [0.29, 0.717) is 11.4 Å². The SMILES string of the molecule is CCN(C1CCC(C(=O)OC)CC1)S(=O)c1cccc(C(=O)O)c1. The lowest BCUT2D eigenvalue weighted by atomic mass is 9.86. The molecule has 7 heteroatoms. The topological polar surface area (TPSA) is 83.9 Å². The molecule has 0 aliphatic heterocycles. The van der Waals surface area contributed by atoms with Gasteiger partial charge in [-0.15, -0.1) is 0 Å². The van der Waals surface area contributed by atoms with Gasteiger partial charge < -0.3 is 9.84 Å². The zero-order valence-electron chi connectivity index (χ0n) is 13.9. The van der Waals surface area contributed by atoms with Gasteiger partial charge in [0.25, 0.3) is 0 Å². The van der Waals surface area contributed by atoms with E-state index >= 15 is 0 Å². The van der Waals surface area contributed by atoms with Crippen LogP contribution in [0.2, 0.25) is 0 Å². The van der Waals surface area contributed by atoms with Gasteiger partial charge in [0.1, 0.15) is 11.0 Å². The van der Waals surface area contributed by atoms with Gasteiger partial charge in [-0.25, -0.2) is 13.3 Å². The predicted molar refractivity (Wildman–Crippen MR) is 90.0 cm³/mol. The van der Waals surface area contributed by atoms with Crippen molar-refractivity contribution in [3.05, 3.63) is 29.8 Å². The molecule has 0 saturated heterocycles. The maximum atomic E-state index is 12.9. The van der Waals surface area contributed by atoms with E-state index in [1.54, 1.807) is 12.1 Å². The third-order valence-electron chi connectivity index (χ3n) is 4.45. The van der Waals surface area contributed by atoms with Crippen molar-refractivity contribution >= 4 is 22.9 Å². The van der Waals surface area contributed by atoms with Crippen molar-refractivity contribution in [3.8, 4) is 0 Å². The summed E-state index contributed by atoms with van der Waals surface area (Å²) in [6.07, 6.45) is 3.00. The number of esters is 1. The molecule has 1 aromatic rings. The van der Waals surface area contributed by atoms with E-state index in [-0.39, 0.29) is 23.5 Å². The van der Waals surface area contributed by atoms with Crippen LogP contribution in [0.3, 0.4) is 0 Å². The number of nitrogens with zero attached hydrogens (tertiary/aromatic N) is 1. The number of hydrogen-bond donors (Lipinski definition) is 1. The van der Waals surface area contributed by atoms with Gasteiger partial charge in [-0.3, -0.25) is 4.79 Å². The van der Waals surface area contributed by atoms with E-state index in [9.17, 15) is 13.8 Å². The van der Waals surface area contributed by atoms with E-state index in [0.717, 1.165) is 25.7 Å². The highest BCUT2D eigenvalue weighted by molar-refractivity contribution is 7.82. The van der Waals surface area contributed by atoms with Crippen LogP contribution in [0.1, 0.15) is 43.0 Å². The lowest BCUT2D eigenvalue weighted by molar-refractivity contribution is -0.146. The zero-order chi connectivity index (χ0) is 17.7. The first-order valence-corrected chi connectivity index (χ1v) is 9.18. The molecule has 1 aliphatic rings. The Balaban J connectivity index is 2.09. The summed E-state index contributed by atoms with van der Waals surface area (Å²) in [5.41, 5.74) is 0.131. The standard InChI is InChI=1S/C17H23NO5S/c1-3-18(14-9-7-12(8-10-14)17(21)23-2)24(22)15-6-4-5-13(11-15)16(19)20/h4-6,11-12,14H,3,7-10H2,1-2H3,(H,19,20). The first kappa shape index (κ1) is 18.6. The second-order valence-electron chi connectivity index (χ2n) is 5.84. The summed E-state index contributed by atoms with van der Waals surface area (Å²) in [5, 5.41) is 9.08. The second-order valence-corrected chi connectivity index (χ2v) is 7.28. The minimum absolute atomic E-state index is 0.0753. The smallest absolute Gasteiger partial charge is 0.335 e. The number of carboxylic acids is 1. The van der Waals surface area contributed by atoms with E-state index in [1.807, 2.05) is 11.2 Å². The normalized spacial score (nSPS) is 22.1. The maximum absolute atomic E-state index is 12.9. The van der Waals surface area contributed by atoms with Crippen LogP contribution in [0.5, 0.6) is 0 Å². The number of aromatic carboxylic acids is 1. The molecule has 0 amide bonds. The summed E-state index contributed by atoms with van der Waals surface area (Å²) >= 11 is 0. The van der Waals surface area contributed by atoms with E-state index < -0.39 is 17.0 Å². The van der Waals surface area contributed by atoms with Crippen LogP contribution in [0.15, 0.2) is 29.2 Å². The molecule has 0 aromatic heterocycles. The summed E-state index contributed by atoms with van der Waals surface area (Å²) in [7, 11) is -0.0154. The van der Waals surface area contributed by atoms with Crippen molar-refractivity contribution in [2.45, 2.75) is 43.5 Å². The number of hydrogen-bond acceptors (Lipinski definition) is 4. The van der Waals surface area contributed by atoms with Crippen LogP contribution in [-0.4, -0.2) is 45.3 Å². The fourth-order valence-electron chi connectivity index (χ4n) is 3.15. The molecular formula is C17H23NO5S. The monoisotopic (exact) mass is 353 g/mol. The van der Waals surface area contributed by atoms with Gasteiger partial charge in [0, 0.05) is 12.6 Å². The Morgan fingerprint density at radius 3 is 2.50 bits per heavy atom.